The van der Waals surface area contributed by atoms with Crippen LogP contribution in [-0.4, -0.2) is 42.8 Å². The number of hydrogen-bond donors (Lipinski definition) is 0. The van der Waals surface area contributed by atoms with E-state index < -0.39 is 0 Å². The number of ether oxygens (including phenoxy) is 2. The summed E-state index contributed by atoms with van der Waals surface area (Å²) in [6, 6.07) is 0. The average Bonchev–Trinajstić information content (AvgIpc) is 2.58. The Hall–Kier alpha value is -0.940. The van der Waals surface area contributed by atoms with E-state index in [1.165, 1.54) is 4.90 Å². The van der Waals surface area contributed by atoms with Gasteiger partial charge in [0.25, 0.3) is 0 Å². The van der Waals surface area contributed by atoms with Gasteiger partial charge in [0.15, 0.2) is 6.29 Å². The first kappa shape index (κ1) is 10.6. The molecule has 0 aliphatic carbocycles. The molecule has 5 heteroatoms. The van der Waals surface area contributed by atoms with Crippen molar-refractivity contribution in [2.45, 2.75) is 32.0 Å². The number of hydrogen-bond acceptors (Lipinski definition) is 4. The standard InChI is InChI=1S/C10H15NO4/c12-8-2-3-9(13)11(8)5-4-10-14-6-1-7-15-10/h10H,1-7H2. The van der Waals surface area contributed by atoms with Crippen LogP contribution >= 0.6 is 0 Å². The third kappa shape index (κ3) is 2.54. The minimum absolute atomic E-state index is 0.0733. The Morgan fingerprint density at radius 3 is 2.33 bits per heavy atom. The van der Waals surface area contributed by atoms with Crippen LogP contribution in [0.2, 0.25) is 0 Å². The number of carbonyl (C=O) groups excluding carboxylic acids is 2. The minimum Gasteiger partial charge on any atom is -0.353 e. The third-order valence-electron chi connectivity index (χ3n) is 2.64. The van der Waals surface area contributed by atoms with Crippen LogP contribution in [0.25, 0.3) is 0 Å². The van der Waals surface area contributed by atoms with Crippen LogP contribution < -0.4 is 0 Å². The molecule has 0 radical (unpaired) electrons. The molecule has 5 nitrogen and oxygen atoms in total. The molecule has 2 saturated heterocycles. The summed E-state index contributed by atoms with van der Waals surface area (Å²) < 4.78 is 10.7. The van der Waals surface area contributed by atoms with E-state index in [0.717, 1.165) is 6.42 Å². The van der Waals surface area contributed by atoms with Crippen molar-refractivity contribution in [3.63, 3.8) is 0 Å². The number of rotatable bonds is 3. The fraction of sp³-hybridized carbons (Fsp3) is 0.800. The summed E-state index contributed by atoms with van der Waals surface area (Å²) in [7, 11) is 0. The molecule has 0 aromatic carbocycles. The number of imide groups is 1. The first-order valence-corrected chi connectivity index (χ1v) is 5.34. The molecule has 2 aliphatic heterocycles. The van der Waals surface area contributed by atoms with Crippen LogP contribution in [0.1, 0.15) is 25.7 Å². The van der Waals surface area contributed by atoms with Gasteiger partial charge in [0.05, 0.1) is 13.2 Å². The van der Waals surface area contributed by atoms with E-state index in [4.69, 9.17) is 9.47 Å². The summed E-state index contributed by atoms with van der Waals surface area (Å²) in [5.74, 6) is -0.147. The molecule has 0 atom stereocenters. The van der Waals surface area contributed by atoms with E-state index in [-0.39, 0.29) is 18.1 Å². The van der Waals surface area contributed by atoms with E-state index in [1.54, 1.807) is 0 Å². The Kier molecular flexibility index (Phi) is 3.33. The normalized spacial score (nSPS) is 23.9. The summed E-state index contributed by atoms with van der Waals surface area (Å²) in [4.78, 5) is 23.9. The Bertz CT molecular complexity index is 244. The zero-order chi connectivity index (χ0) is 10.7. The molecule has 2 aliphatic rings. The fourth-order valence-corrected chi connectivity index (χ4v) is 1.81. The van der Waals surface area contributed by atoms with Crippen LogP contribution in [0, 0.1) is 0 Å². The highest BCUT2D eigenvalue weighted by Gasteiger charge is 2.29. The van der Waals surface area contributed by atoms with E-state index in [1.807, 2.05) is 0 Å². The number of carbonyl (C=O) groups is 2. The molecular formula is C10H15NO4. The monoisotopic (exact) mass is 213 g/mol. The Balaban J connectivity index is 1.76. The molecule has 84 valence electrons. The molecule has 0 saturated carbocycles. The molecule has 0 spiro atoms. The molecule has 0 aromatic heterocycles. The van der Waals surface area contributed by atoms with Gasteiger partial charge >= 0.3 is 0 Å². The molecule has 0 aromatic rings. The van der Waals surface area contributed by atoms with Gasteiger partial charge in [-0.2, -0.15) is 0 Å². The predicted molar refractivity (Wildman–Crippen MR) is 50.9 cm³/mol. The zero-order valence-electron chi connectivity index (χ0n) is 8.61. The molecule has 2 heterocycles. The smallest absolute Gasteiger partial charge is 0.229 e. The van der Waals surface area contributed by atoms with Crippen molar-refractivity contribution in [1.29, 1.82) is 0 Å². The summed E-state index contributed by atoms with van der Waals surface area (Å²) >= 11 is 0. The molecule has 0 N–H and O–H groups in total. The van der Waals surface area contributed by atoms with Crippen LogP contribution in [0.4, 0.5) is 0 Å². The highest BCUT2D eigenvalue weighted by Crippen LogP contribution is 2.15. The molecule has 2 rings (SSSR count). The van der Waals surface area contributed by atoms with Crippen LogP contribution in [-0.2, 0) is 19.1 Å². The van der Waals surface area contributed by atoms with E-state index in [0.29, 0.717) is 39.0 Å². The van der Waals surface area contributed by atoms with Crippen LogP contribution in [0.3, 0.4) is 0 Å². The van der Waals surface area contributed by atoms with Gasteiger partial charge in [-0.05, 0) is 6.42 Å². The van der Waals surface area contributed by atoms with E-state index >= 15 is 0 Å². The first-order chi connectivity index (χ1) is 7.27. The van der Waals surface area contributed by atoms with E-state index in [2.05, 4.69) is 0 Å². The van der Waals surface area contributed by atoms with Crippen molar-refractivity contribution in [1.82, 2.24) is 4.90 Å². The minimum atomic E-state index is -0.250. The maximum atomic E-state index is 11.3. The second-order valence-electron chi connectivity index (χ2n) is 3.75. The molecule has 0 bridgehead atoms. The van der Waals surface area contributed by atoms with Gasteiger partial charge in [0.1, 0.15) is 0 Å². The molecule has 2 fully saturated rings. The second-order valence-corrected chi connectivity index (χ2v) is 3.75. The van der Waals surface area contributed by atoms with Crippen LogP contribution in [0.5, 0.6) is 0 Å². The molecule has 0 unspecified atom stereocenters. The quantitative estimate of drug-likeness (QED) is 0.632. The first-order valence-electron chi connectivity index (χ1n) is 5.34. The SMILES string of the molecule is O=C1CCC(=O)N1CCC1OCCCO1. The van der Waals surface area contributed by atoms with Gasteiger partial charge in [-0.3, -0.25) is 14.5 Å². The molecule has 15 heavy (non-hydrogen) atoms. The average molecular weight is 213 g/mol. The maximum Gasteiger partial charge on any atom is 0.229 e. The van der Waals surface area contributed by atoms with Crippen molar-refractivity contribution in [2.24, 2.45) is 0 Å². The van der Waals surface area contributed by atoms with Gasteiger partial charge in [-0.25, -0.2) is 0 Å². The highest BCUT2D eigenvalue weighted by molar-refractivity contribution is 6.01. The largest absolute Gasteiger partial charge is 0.353 e. The third-order valence-corrected chi connectivity index (χ3v) is 2.64. The molecule has 2 amide bonds. The van der Waals surface area contributed by atoms with Gasteiger partial charge in [0.2, 0.25) is 11.8 Å². The number of amides is 2. The lowest BCUT2D eigenvalue weighted by Gasteiger charge is -2.24. The van der Waals surface area contributed by atoms with E-state index in [9.17, 15) is 9.59 Å². The summed E-state index contributed by atoms with van der Waals surface area (Å²) in [6.45, 7) is 1.82. The number of likely N-dealkylation sites (tertiary alicyclic amines) is 1. The summed E-state index contributed by atoms with van der Waals surface area (Å²) in [6.07, 6.45) is 1.95. The van der Waals surface area contributed by atoms with Crippen LogP contribution in [0.15, 0.2) is 0 Å². The second kappa shape index (κ2) is 4.72. The zero-order valence-corrected chi connectivity index (χ0v) is 8.61. The summed E-state index contributed by atoms with van der Waals surface area (Å²) in [5, 5.41) is 0. The van der Waals surface area contributed by atoms with Crippen molar-refractivity contribution >= 4 is 11.8 Å². The predicted octanol–water partition coefficient (Wildman–Crippen LogP) is 0.289. The Labute approximate surface area is 88.3 Å². The van der Waals surface area contributed by atoms with Gasteiger partial charge in [-0.15, -0.1) is 0 Å². The fourth-order valence-electron chi connectivity index (χ4n) is 1.81. The Morgan fingerprint density at radius 2 is 1.73 bits per heavy atom. The lowest BCUT2D eigenvalue weighted by atomic mass is 10.3. The van der Waals surface area contributed by atoms with Crippen molar-refractivity contribution in [2.75, 3.05) is 19.8 Å². The van der Waals surface area contributed by atoms with Gasteiger partial charge < -0.3 is 9.47 Å². The Morgan fingerprint density at radius 1 is 1.13 bits per heavy atom. The lowest BCUT2D eigenvalue weighted by molar-refractivity contribution is -0.183. The topological polar surface area (TPSA) is 55.8 Å². The van der Waals surface area contributed by atoms with Gasteiger partial charge in [0, 0.05) is 25.8 Å². The summed E-state index contributed by atoms with van der Waals surface area (Å²) in [5.41, 5.74) is 0. The van der Waals surface area contributed by atoms with Gasteiger partial charge in [-0.1, -0.05) is 0 Å². The number of nitrogens with zero attached hydrogens (tertiary/aromatic N) is 1. The molecular weight excluding hydrogens is 198 g/mol. The van der Waals surface area contributed by atoms with Crippen molar-refractivity contribution in [3.8, 4) is 0 Å². The van der Waals surface area contributed by atoms with Crippen molar-refractivity contribution in [3.05, 3.63) is 0 Å². The lowest BCUT2D eigenvalue weighted by Crippen LogP contribution is -2.34. The highest BCUT2D eigenvalue weighted by atomic mass is 16.7. The van der Waals surface area contributed by atoms with Crippen molar-refractivity contribution < 1.29 is 19.1 Å². The maximum absolute atomic E-state index is 11.3.